The molecule has 0 saturated heterocycles. The molecule has 1 atom stereocenters. The summed E-state index contributed by atoms with van der Waals surface area (Å²) in [7, 11) is 0. The summed E-state index contributed by atoms with van der Waals surface area (Å²) < 4.78 is 22.8. The maximum atomic E-state index is 14.1. The lowest BCUT2D eigenvalue weighted by Gasteiger charge is -2.15. The lowest BCUT2D eigenvalue weighted by Crippen LogP contribution is -2.25. The van der Waals surface area contributed by atoms with Gasteiger partial charge in [0.05, 0.1) is 18.2 Å². The summed E-state index contributed by atoms with van der Waals surface area (Å²) in [4.78, 5) is 23.9. The molecule has 2 aromatic rings. The maximum Gasteiger partial charge on any atom is 0.308 e. The number of ether oxygens (including phenoxy) is 1. The van der Waals surface area contributed by atoms with Crippen LogP contribution in [0.3, 0.4) is 0 Å². The Morgan fingerprint density at radius 2 is 1.89 bits per heavy atom. The number of halogens is 1. The molecule has 1 unspecified atom stereocenters. The third kappa shape index (κ3) is 5.86. The highest BCUT2D eigenvalue weighted by Gasteiger charge is 2.12. The van der Waals surface area contributed by atoms with E-state index in [4.69, 9.17) is 17.0 Å². The van der Waals surface area contributed by atoms with E-state index in [1.165, 1.54) is 4.57 Å². The van der Waals surface area contributed by atoms with Gasteiger partial charge in [-0.1, -0.05) is 32.0 Å². The van der Waals surface area contributed by atoms with E-state index in [0.717, 1.165) is 0 Å². The minimum atomic E-state index is -1.05. The highest BCUT2D eigenvalue weighted by Crippen LogP contribution is 2.11. The molecule has 152 valence electrons. The van der Waals surface area contributed by atoms with E-state index in [2.05, 4.69) is 0 Å². The first-order valence-electron chi connectivity index (χ1n) is 9.50. The van der Waals surface area contributed by atoms with Gasteiger partial charge < -0.3 is 9.30 Å². The van der Waals surface area contributed by atoms with E-state index in [-0.39, 0.29) is 30.5 Å². The van der Waals surface area contributed by atoms with Crippen LogP contribution in [-0.4, -0.2) is 27.9 Å². The number of carbonyl (C=O) groups excluding carboxylic acids is 1. The Hall–Kier alpha value is -2.28. The predicted molar refractivity (Wildman–Crippen MR) is 110 cm³/mol. The van der Waals surface area contributed by atoms with Gasteiger partial charge in [0.1, 0.15) is 6.17 Å². The summed E-state index contributed by atoms with van der Waals surface area (Å²) in [5.41, 5.74) is 1.14. The molecule has 0 spiro atoms. The number of aryl methyl sites for hydroxylation is 2. The SMILES string of the molecule is Cc1cn(CCCC(F)CCOC(=O)C(C)C)c(=S)n(-c2ccccc2)c1=O. The molecule has 2 rings (SSSR count). The van der Waals surface area contributed by atoms with Crippen LogP contribution in [0.15, 0.2) is 41.3 Å². The fourth-order valence-corrected chi connectivity index (χ4v) is 3.11. The molecule has 0 aliphatic heterocycles. The molecule has 0 amide bonds. The second-order valence-electron chi connectivity index (χ2n) is 7.11. The fraction of sp³-hybridized carbons (Fsp3) is 0.476. The van der Waals surface area contributed by atoms with Crippen LogP contribution in [-0.2, 0) is 16.1 Å². The number of aromatic nitrogens is 2. The van der Waals surface area contributed by atoms with Crippen molar-refractivity contribution in [3.63, 3.8) is 0 Å². The first-order valence-corrected chi connectivity index (χ1v) is 9.91. The van der Waals surface area contributed by atoms with Crippen LogP contribution in [0.1, 0.15) is 38.7 Å². The van der Waals surface area contributed by atoms with Gasteiger partial charge in [-0.25, -0.2) is 4.39 Å². The number of carbonyl (C=O) groups is 1. The smallest absolute Gasteiger partial charge is 0.308 e. The fourth-order valence-electron chi connectivity index (χ4n) is 2.78. The molecule has 0 bridgehead atoms. The van der Waals surface area contributed by atoms with E-state index in [9.17, 15) is 14.0 Å². The Kier molecular flexibility index (Phi) is 8.11. The number of esters is 1. The van der Waals surface area contributed by atoms with Crippen molar-refractivity contribution in [2.75, 3.05) is 6.61 Å². The quantitative estimate of drug-likeness (QED) is 0.458. The molecule has 0 saturated carbocycles. The molecule has 0 aliphatic rings. The number of benzene rings is 1. The van der Waals surface area contributed by atoms with E-state index >= 15 is 0 Å². The summed E-state index contributed by atoms with van der Waals surface area (Å²) in [5, 5.41) is 0. The zero-order valence-corrected chi connectivity index (χ0v) is 17.4. The maximum absolute atomic E-state index is 14.1. The average Bonchev–Trinajstić information content (AvgIpc) is 2.66. The number of rotatable bonds is 9. The minimum Gasteiger partial charge on any atom is -0.465 e. The Morgan fingerprint density at radius 3 is 2.54 bits per heavy atom. The molecule has 28 heavy (non-hydrogen) atoms. The molecular weight excluding hydrogens is 379 g/mol. The molecule has 1 aromatic carbocycles. The van der Waals surface area contributed by atoms with Crippen LogP contribution in [0.5, 0.6) is 0 Å². The van der Waals surface area contributed by atoms with Crippen LogP contribution in [0.2, 0.25) is 0 Å². The summed E-state index contributed by atoms with van der Waals surface area (Å²) in [5.74, 6) is -0.513. The van der Waals surface area contributed by atoms with Crippen molar-refractivity contribution < 1.29 is 13.9 Å². The Labute approximate surface area is 169 Å². The van der Waals surface area contributed by atoms with Crippen LogP contribution < -0.4 is 5.56 Å². The van der Waals surface area contributed by atoms with Gasteiger partial charge in [0.2, 0.25) is 0 Å². The van der Waals surface area contributed by atoms with Crippen LogP contribution in [0, 0.1) is 17.6 Å². The van der Waals surface area contributed by atoms with Gasteiger partial charge in [0, 0.05) is 24.7 Å². The van der Waals surface area contributed by atoms with E-state index in [0.29, 0.717) is 35.4 Å². The third-order valence-corrected chi connectivity index (χ3v) is 4.82. The Balaban J connectivity index is 1.98. The zero-order chi connectivity index (χ0) is 20.7. The highest BCUT2D eigenvalue weighted by molar-refractivity contribution is 7.71. The van der Waals surface area contributed by atoms with Crippen molar-refractivity contribution in [1.82, 2.24) is 9.13 Å². The van der Waals surface area contributed by atoms with Gasteiger partial charge in [-0.15, -0.1) is 0 Å². The van der Waals surface area contributed by atoms with Crippen molar-refractivity contribution in [3.8, 4) is 5.69 Å². The molecule has 1 aromatic heterocycles. The molecule has 0 N–H and O–H groups in total. The summed E-state index contributed by atoms with van der Waals surface area (Å²) in [6.07, 6.45) is 1.77. The van der Waals surface area contributed by atoms with Gasteiger partial charge >= 0.3 is 5.97 Å². The summed E-state index contributed by atoms with van der Waals surface area (Å²) >= 11 is 5.50. The summed E-state index contributed by atoms with van der Waals surface area (Å²) in [6, 6.07) is 9.24. The second kappa shape index (κ2) is 10.3. The lowest BCUT2D eigenvalue weighted by molar-refractivity contribution is -0.147. The first-order chi connectivity index (χ1) is 13.3. The first kappa shape index (κ1) is 22.0. The van der Waals surface area contributed by atoms with Crippen LogP contribution >= 0.6 is 12.2 Å². The van der Waals surface area contributed by atoms with Crippen molar-refractivity contribution in [3.05, 3.63) is 57.2 Å². The molecular formula is C21H27FN2O3S. The van der Waals surface area contributed by atoms with Crippen molar-refractivity contribution in [2.45, 2.75) is 52.8 Å². The minimum absolute atomic E-state index is 0.0929. The monoisotopic (exact) mass is 406 g/mol. The van der Waals surface area contributed by atoms with Gasteiger partial charge in [-0.2, -0.15) is 0 Å². The molecule has 0 fully saturated rings. The van der Waals surface area contributed by atoms with Gasteiger partial charge in [-0.05, 0) is 44.1 Å². The van der Waals surface area contributed by atoms with E-state index in [1.807, 2.05) is 34.9 Å². The Morgan fingerprint density at radius 1 is 1.21 bits per heavy atom. The predicted octanol–water partition coefficient (Wildman–Crippen LogP) is 4.38. The van der Waals surface area contributed by atoms with Gasteiger partial charge in [0.15, 0.2) is 4.77 Å². The number of para-hydroxylation sites is 1. The van der Waals surface area contributed by atoms with Crippen LogP contribution in [0.25, 0.3) is 5.69 Å². The average molecular weight is 407 g/mol. The zero-order valence-electron chi connectivity index (χ0n) is 16.6. The van der Waals surface area contributed by atoms with Gasteiger partial charge in [-0.3, -0.25) is 14.2 Å². The summed E-state index contributed by atoms with van der Waals surface area (Å²) in [6.45, 7) is 5.84. The number of alkyl halides is 1. The lowest BCUT2D eigenvalue weighted by atomic mass is 10.1. The van der Waals surface area contributed by atoms with Crippen LogP contribution in [0.4, 0.5) is 4.39 Å². The van der Waals surface area contributed by atoms with E-state index < -0.39 is 6.17 Å². The molecule has 5 nitrogen and oxygen atoms in total. The standard InChI is InChI=1S/C21H27FN2O3S/c1-15(2)20(26)27-13-11-17(22)8-7-12-23-14-16(3)19(25)24(21(23)28)18-9-5-4-6-10-18/h4-6,9-10,14-15,17H,7-8,11-13H2,1-3H3. The number of hydrogen-bond donors (Lipinski definition) is 0. The Bertz CT molecular complexity index is 906. The van der Waals surface area contributed by atoms with E-state index in [1.54, 1.807) is 27.0 Å². The largest absolute Gasteiger partial charge is 0.465 e. The van der Waals surface area contributed by atoms with Crippen molar-refractivity contribution >= 4 is 18.2 Å². The highest BCUT2D eigenvalue weighted by atomic mass is 32.1. The molecule has 1 heterocycles. The molecule has 0 radical (unpaired) electrons. The van der Waals surface area contributed by atoms with Crippen molar-refractivity contribution in [2.24, 2.45) is 5.92 Å². The molecule has 0 aliphatic carbocycles. The topological polar surface area (TPSA) is 53.2 Å². The second-order valence-corrected chi connectivity index (χ2v) is 7.48. The van der Waals surface area contributed by atoms with Crippen molar-refractivity contribution in [1.29, 1.82) is 0 Å². The molecule has 7 heteroatoms. The number of hydrogen-bond acceptors (Lipinski definition) is 4. The van der Waals surface area contributed by atoms with Gasteiger partial charge in [0.25, 0.3) is 5.56 Å². The third-order valence-electron chi connectivity index (χ3n) is 4.40. The normalized spacial score (nSPS) is 12.2. The number of nitrogens with zero attached hydrogens (tertiary/aromatic N) is 2.